The molecule has 5 nitrogen and oxygen atoms in total. The summed E-state index contributed by atoms with van der Waals surface area (Å²) in [6.45, 7) is 0.672. The van der Waals surface area contributed by atoms with Crippen LogP contribution in [0.3, 0.4) is 0 Å². The molecule has 0 aromatic carbocycles. The van der Waals surface area contributed by atoms with Crippen molar-refractivity contribution in [2.45, 2.75) is 70.3 Å². The summed E-state index contributed by atoms with van der Waals surface area (Å²) in [4.78, 5) is 23.5. The summed E-state index contributed by atoms with van der Waals surface area (Å²) in [6, 6.07) is 0. The second-order valence-electron chi connectivity index (χ2n) is 6.79. The van der Waals surface area contributed by atoms with Crippen LogP contribution in [0.4, 0.5) is 0 Å². The highest BCUT2D eigenvalue weighted by molar-refractivity contribution is 6.35. The third kappa shape index (κ3) is 6.34. The van der Waals surface area contributed by atoms with E-state index in [0.29, 0.717) is 6.54 Å². The molecule has 0 radical (unpaired) electrons. The van der Waals surface area contributed by atoms with Gasteiger partial charge in [0.2, 0.25) is 0 Å². The van der Waals surface area contributed by atoms with E-state index in [1.54, 1.807) is 0 Å². The summed E-state index contributed by atoms with van der Waals surface area (Å²) in [5.41, 5.74) is 1.38. The molecule has 0 unspecified atom stereocenters. The summed E-state index contributed by atoms with van der Waals surface area (Å²) in [5, 5.41) is 15.3. The van der Waals surface area contributed by atoms with E-state index >= 15 is 0 Å². The van der Waals surface area contributed by atoms with Crippen LogP contribution >= 0.6 is 0 Å². The van der Waals surface area contributed by atoms with Crippen LogP contribution in [-0.2, 0) is 9.59 Å². The summed E-state index contributed by atoms with van der Waals surface area (Å²) >= 11 is 0. The third-order valence-corrected chi connectivity index (χ3v) is 4.99. The number of aliphatic hydroxyl groups is 1. The summed E-state index contributed by atoms with van der Waals surface area (Å²) in [5.74, 6) is -0.986. The number of carbonyl (C=O) groups excluding carboxylic acids is 2. The Labute approximate surface area is 138 Å². The van der Waals surface area contributed by atoms with Crippen LogP contribution in [0.5, 0.6) is 0 Å². The summed E-state index contributed by atoms with van der Waals surface area (Å²) in [7, 11) is 0. The molecule has 1 saturated carbocycles. The Hall–Kier alpha value is -1.36. The zero-order valence-electron chi connectivity index (χ0n) is 14.0. The third-order valence-electron chi connectivity index (χ3n) is 4.99. The zero-order chi connectivity index (χ0) is 16.5. The highest BCUT2D eigenvalue weighted by Gasteiger charge is 2.23. The van der Waals surface area contributed by atoms with Crippen molar-refractivity contribution >= 4 is 11.8 Å². The van der Waals surface area contributed by atoms with Gasteiger partial charge in [-0.25, -0.2) is 0 Å². The van der Waals surface area contributed by atoms with E-state index in [1.165, 1.54) is 24.8 Å². The van der Waals surface area contributed by atoms with Gasteiger partial charge in [-0.2, -0.15) is 0 Å². The van der Waals surface area contributed by atoms with Crippen LogP contribution in [0.25, 0.3) is 0 Å². The molecule has 23 heavy (non-hydrogen) atoms. The molecule has 2 aliphatic rings. The Morgan fingerprint density at radius 1 is 1.09 bits per heavy atom. The number of hydrogen-bond acceptors (Lipinski definition) is 3. The number of rotatable bonds is 6. The van der Waals surface area contributed by atoms with Gasteiger partial charge >= 0.3 is 11.8 Å². The molecule has 3 N–H and O–H groups in total. The Morgan fingerprint density at radius 2 is 1.83 bits per heavy atom. The van der Waals surface area contributed by atoms with Crippen molar-refractivity contribution in [2.24, 2.45) is 5.92 Å². The highest BCUT2D eigenvalue weighted by Crippen LogP contribution is 2.26. The van der Waals surface area contributed by atoms with Crippen LogP contribution in [0.15, 0.2) is 11.6 Å². The first-order valence-electron chi connectivity index (χ1n) is 9.09. The number of nitrogens with one attached hydrogen (secondary N) is 2. The van der Waals surface area contributed by atoms with Crippen molar-refractivity contribution in [3.8, 4) is 0 Å². The maximum absolute atomic E-state index is 11.8. The topological polar surface area (TPSA) is 78.4 Å². The van der Waals surface area contributed by atoms with Gasteiger partial charge in [-0.1, -0.05) is 30.9 Å². The molecule has 5 heteroatoms. The second kappa shape index (κ2) is 9.71. The molecule has 1 fully saturated rings. The van der Waals surface area contributed by atoms with E-state index in [1.807, 2.05) is 0 Å². The molecule has 0 aliphatic heterocycles. The molecular formula is C18H30N2O3. The molecule has 0 aromatic rings. The Balaban J connectivity index is 1.60. The highest BCUT2D eigenvalue weighted by atomic mass is 16.3. The molecule has 0 bridgehead atoms. The van der Waals surface area contributed by atoms with Crippen LogP contribution in [-0.4, -0.2) is 36.1 Å². The molecule has 0 saturated heterocycles. The first-order valence-corrected chi connectivity index (χ1v) is 9.09. The normalized spacial score (nSPS) is 20.5. The molecule has 0 heterocycles. The van der Waals surface area contributed by atoms with Crippen molar-refractivity contribution in [2.75, 3.05) is 13.1 Å². The molecule has 0 aromatic heterocycles. The lowest BCUT2D eigenvalue weighted by molar-refractivity contribution is -0.139. The first-order chi connectivity index (χ1) is 11.2. The molecule has 2 rings (SSSR count). The molecule has 2 amide bonds. The lowest BCUT2D eigenvalue weighted by Gasteiger charge is -2.26. The van der Waals surface area contributed by atoms with Gasteiger partial charge in [0.15, 0.2) is 0 Å². The second-order valence-corrected chi connectivity index (χ2v) is 6.79. The Kier molecular flexibility index (Phi) is 7.59. The largest absolute Gasteiger partial charge is 0.391 e. The van der Waals surface area contributed by atoms with Crippen molar-refractivity contribution < 1.29 is 14.7 Å². The molecule has 1 atom stereocenters. The SMILES string of the molecule is O=C(NCCC1=CCCCC1)C(=O)NC[C@H](O)C1CCCCC1. The van der Waals surface area contributed by atoms with Gasteiger partial charge in [0.1, 0.15) is 0 Å². The smallest absolute Gasteiger partial charge is 0.309 e. The van der Waals surface area contributed by atoms with Crippen LogP contribution in [0.1, 0.15) is 64.2 Å². The lowest BCUT2D eigenvalue weighted by atomic mass is 9.85. The summed E-state index contributed by atoms with van der Waals surface area (Å²) < 4.78 is 0. The number of amides is 2. The van der Waals surface area contributed by atoms with E-state index in [-0.39, 0.29) is 12.5 Å². The van der Waals surface area contributed by atoms with E-state index in [9.17, 15) is 14.7 Å². The predicted molar refractivity (Wildman–Crippen MR) is 89.8 cm³/mol. The Bertz CT molecular complexity index is 428. The first kappa shape index (κ1) is 18.0. The van der Waals surface area contributed by atoms with E-state index < -0.39 is 17.9 Å². The molecular weight excluding hydrogens is 292 g/mol. The van der Waals surface area contributed by atoms with Crippen molar-refractivity contribution in [1.82, 2.24) is 10.6 Å². The fourth-order valence-electron chi connectivity index (χ4n) is 3.51. The monoisotopic (exact) mass is 322 g/mol. The zero-order valence-corrected chi connectivity index (χ0v) is 14.0. The molecule has 130 valence electrons. The minimum absolute atomic E-state index is 0.169. The van der Waals surface area contributed by atoms with E-state index in [4.69, 9.17) is 0 Å². The standard InChI is InChI=1S/C18H30N2O3/c21-16(15-9-5-2-6-10-15)13-20-18(23)17(22)19-12-11-14-7-3-1-4-8-14/h7,15-16,21H,1-6,8-13H2,(H,19,22)(H,20,23)/t16-/m0/s1. The fraction of sp³-hybridized carbons (Fsp3) is 0.778. The average Bonchev–Trinajstić information content (AvgIpc) is 2.61. The fourth-order valence-corrected chi connectivity index (χ4v) is 3.51. The number of allylic oxidation sites excluding steroid dienone is 1. The van der Waals surface area contributed by atoms with Crippen LogP contribution in [0, 0.1) is 5.92 Å². The maximum Gasteiger partial charge on any atom is 0.309 e. The van der Waals surface area contributed by atoms with Crippen LogP contribution in [0.2, 0.25) is 0 Å². The maximum atomic E-state index is 11.8. The molecule has 0 spiro atoms. The minimum Gasteiger partial charge on any atom is -0.391 e. The van der Waals surface area contributed by atoms with Gasteiger partial charge in [0.25, 0.3) is 0 Å². The average molecular weight is 322 g/mol. The van der Waals surface area contributed by atoms with Gasteiger partial charge in [0.05, 0.1) is 6.10 Å². The van der Waals surface area contributed by atoms with Gasteiger partial charge in [0, 0.05) is 13.1 Å². The van der Waals surface area contributed by atoms with Crippen molar-refractivity contribution in [1.29, 1.82) is 0 Å². The summed E-state index contributed by atoms with van der Waals surface area (Å²) in [6.07, 6.45) is 12.8. The number of hydrogen-bond donors (Lipinski definition) is 3. The van der Waals surface area contributed by atoms with Gasteiger partial charge in [-0.15, -0.1) is 0 Å². The number of carbonyl (C=O) groups is 2. The van der Waals surface area contributed by atoms with Gasteiger partial charge < -0.3 is 15.7 Å². The number of aliphatic hydroxyl groups excluding tert-OH is 1. The Morgan fingerprint density at radius 3 is 2.52 bits per heavy atom. The van der Waals surface area contributed by atoms with Crippen LogP contribution < -0.4 is 10.6 Å². The minimum atomic E-state index is -0.641. The lowest BCUT2D eigenvalue weighted by Crippen LogP contribution is -2.44. The van der Waals surface area contributed by atoms with Gasteiger partial charge in [-0.05, 0) is 50.9 Å². The van der Waals surface area contributed by atoms with Gasteiger partial charge in [-0.3, -0.25) is 9.59 Å². The van der Waals surface area contributed by atoms with Crippen molar-refractivity contribution in [3.63, 3.8) is 0 Å². The van der Waals surface area contributed by atoms with E-state index in [0.717, 1.165) is 44.9 Å². The predicted octanol–water partition coefficient (Wildman–Crippen LogP) is 2.05. The van der Waals surface area contributed by atoms with Crippen molar-refractivity contribution in [3.05, 3.63) is 11.6 Å². The van der Waals surface area contributed by atoms with E-state index in [2.05, 4.69) is 16.7 Å². The quantitative estimate of drug-likeness (QED) is 0.517. The molecule has 2 aliphatic carbocycles.